The second-order valence-electron chi connectivity index (χ2n) is 3.31. The van der Waals surface area contributed by atoms with Gasteiger partial charge in [-0.2, -0.15) is 0 Å². The van der Waals surface area contributed by atoms with Crippen LogP contribution >= 0.6 is 11.6 Å². The van der Waals surface area contributed by atoms with Crippen LogP contribution in [0.15, 0.2) is 6.07 Å². The number of nitrogens with zero attached hydrogens (tertiary/aromatic N) is 1. The number of aromatic nitrogens is 1. The molecule has 0 aliphatic carbocycles. The standard InChI is InChI=1S/C10H11ClFNO2/c1-3-5(2)8-6(10(14)15)4-7(12)9(11)13-8/h4-5H,3H2,1-2H3,(H,14,15). The van der Waals surface area contributed by atoms with Gasteiger partial charge in [-0.1, -0.05) is 25.4 Å². The van der Waals surface area contributed by atoms with Crippen LogP contribution in [-0.4, -0.2) is 16.1 Å². The summed E-state index contributed by atoms with van der Waals surface area (Å²) in [5.74, 6) is -2.05. The van der Waals surface area contributed by atoms with Gasteiger partial charge in [0.05, 0.1) is 11.3 Å². The number of carboxylic acid groups (broad SMARTS) is 1. The van der Waals surface area contributed by atoms with Crippen LogP contribution in [0.2, 0.25) is 5.15 Å². The highest BCUT2D eigenvalue weighted by molar-refractivity contribution is 6.29. The van der Waals surface area contributed by atoms with Crippen molar-refractivity contribution in [3.63, 3.8) is 0 Å². The van der Waals surface area contributed by atoms with Gasteiger partial charge in [0, 0.05) is 0 Å². The number of rotatable bonds is 3. The Kier molecular flexibility index (Phi) is 3.63. The summed E-state index contributed by atoms with van der Waals surface area (Å²) in [6.45, 7) is 3.72. The Bertz CT molecular complexity index is 395. The topological polar surface area (TPSA) is 50.2 Å². The highest BCUT2D eigenvalue weighted by Gasteiger charge is 2.19. The SMILES string of the molecule is CCC(C)c1nc(Cl)c(F)cc1C(=O)O. The molecule has 0 bridgehead atoms. The maximum absolute atomic E-state index is 13.0. The molecule has 0 aromatic carbocycles. The van der Waals surface area contributed by atoms with E-state index in [-0.39, 0.29) is 16.6 Å². The van der Waals surface area contributed by atoms with Crippen LogP contribution < -0.4 is 0 Å². The monoisotopic (exact) mass is 231 g/mol. The molecule has 3 nitrogen and oxygen atoms in total. The van der Waals surface area contributed by atoms with Crippen molar-refractivity contribution in [3.8, 4) is 0 Å². The smallest absolute Gasteiger partial charge is 0.337 e. The van der Waals surface area contributed by atoms with Gasteiger partial charge in [-0.25, -0.2) is 14.2 Å². The third kappa shape index (κ3) is 2.45. The van der Waals surface area contributed by atoms with E-state index in [1.165, 1.54) is 0 Å². The number of hydrogen-bond donors (Lipinski definition) is 1. The van der Waals surface area contributed by atoms with Crippen LogP contribution in [0, 0.1) is 5.82 Å². The summed E-state index contributed by atoms with van der Waals surface area (Å²) in [7, 11) is 0. The molecule has 1 heterocycles. The first-order valence-electron chi connectivity index (χ1n) is 4.56. The van der Waals surface area contributed by atoms with Crippen molar-refractivity contribution in [3.05, 3.63) is 28.3 Å². The molecule has 5 heteroatoms. The summed E-state index contributed by atoms with van der Waals surface area (Å²) in [6, 6.07) is 0.916. The molecular formula is C10H11ClFNO2. The van der Waals surface area contributed by atoms with E-state index in [2.05, 4.69) is 4.98 Å². The molecule has 0 radical (unpaired) electrons. The molecule has 1 N–H and O–H groups in total. The van der Waals surface area contributed by atoms with Crippen molar-refractivity contribution in [2.75, 3.05) is 0 Å². The minimum atomic E-state index is -1.19. The molecule has 0 saturated carbocycles. The summed E-state index contributed by atoms with van der Waals surface area (Å²) in [6.07, 6.45) is 0.718. The minimum absolute atomic E-state index is 0.0609. The molecule has 1 aromatic rings. The summed E-state index contributed by atoms with van der Waals surface area (Å²) >= 11 is 5.51. The van der Waals surface area contributed by atoms with E-state index in [0.29, 0.717) is 5.69 Å². The van der Waals surface area contributed by atoms with Crippen molar-refractivity contribution in [2.45, 2.75) is 26.2 Å². The van der Waals surface area contributed by atoms with Crippen LogP contribution in [0.25, 0.3) is 0 Å². The second-order valence-corrected chi connectivity index (χ2v) is 3.67. The zero-order valence-electron chi connectivity index (χ0n) is 8.42. The Morgan fingerprint density at radius 2 is 2.33 bits per heavy atom. The zero-order valence-corrected chi connectivity index (χ0v) is 9.18. The molecule has 0 spiro atoms. The average Bonchev–Trinajstić information content (AvgIpc) is 2.20. The molecule has 0 amide bonds. The fourth-order valence-electron chi connectivity index (χ4n) is 1.22. The van der Waals surface area contributed by atoms with Crippen molar-refractivity contribution in [1.82, 2.24) is 4.98 Å². The highest BCUT2D eigenvalue weighted by Crippen LogP contribution is 2.24. The van der Waals surface area contributed by atoms with Gasteiger partial charge in [-0.15, -0.1) is 0 Å². The van der Waals surface area contributed by atoms with E-state index in [9.17, 15) is 9.18 Å². The van der Waals surface area contributed by atoms with Gasteiger partial charge < -0.3 is 5.11 Å². The molecule has 0 aliphatic rings. The van der Waals surface area contributed by atoms with Gasteiger partial charge in [0.25, 0.3) is 0 Å². The number of aromatic carboxylic acids is 1. The first-order chi connectivity index (χ1) is 6.97. The molecule has 0 fully saturated rings. The maximum Gasteiger partial charge on any atom is 0.337 e. The highest BCUT2D eigenvalue weighted by atomic mass is 35.5. The third-order valence-corrected chi connectivity index (χ3v) is 2.54. The zero-order chi connectivity index (χ0) is 11.6. The van der Waals surface area contributed by atoms with Crippen LogP contribution in [0.4, 0.5) is 4.39 Å². The van der Waals surface area contributed by atoms with Crippen LogP contribution in [0.1, 0.15) is 42.2 Å². The predicted molar refractivity (Wildman–Crippen MR) is 54.9 cm³/mol. The Morgan fingerprint density at radius 3 is 2.80 bits per heavy atom. The van der Waals surface area contributed by atoms with E-state index in [4.69, 9.17) is 16.7 Å². The minimum Gasteiger partial charge on any atom is -0.478 e. The Hall–Kier alpha value is -1.16. The summed E-state index contributed by atoms with van der Waals surface area (Å²) in [5, 5.41) is 8.59. The normalized spacial score (nSPS) is 12.5. The molecule has 0 saturated heterocycles. The average molecular weight is 232 g/mol. The summed E-state index contributed by atoms with van der Waals surface area (Å²) < 4.78 is 13.0. The quantitative estimate of drug-likeness (QED) is 0.814. The molecule has 0 aliphatic heterocycles. The Morgan fingerprint density at radius 1 is 1.73 bits per heavy atom. The molecule has 15 heavy (non-hydrogen) atoms. The van der Waals surface area contributed by atoms with Gasteiger partial charge >= 0.3 is 5.97 Å². The van der Waals surface area contributed by atoms with Crippen molar-refractivity contribution >= 4 is 17.6 Å². The molecule has 1 aromatic heterocycles. The number of hydrogen-bond acceptors (Lipinski definition) is 2. The lowest BCUT2D eigenvalue weighted by molar-refractivity contribution is 0.0694. The van der Waals surface area contributed by atoms with E-state index < -0.39 is 11.8 Å². The number of carbonyl (C=O) groups is 1. The fourth-order valence-corrected chi connectivity index (χ4v) is 1.37. The number of pyridine rings is 1. The molecule has 1 rings (SSSR count). The van der Waals surface area contributed by atoms with Crippen molar-refractivity contribution in [1.29, 1.82) is 0 Å². The van der Waals surface area contributed by atoms with Gasteiger partial charge in [0.1, 0.15) is 0 Å². The fraction of sp³-hybridized carbons (Fsp3) is 0.400. The lowest BCUT2D eigenvalue weighted by Gasteiger charge is -2.11. The molecule has 82 valence electrons. The largest absolute Gasteiger partial charge is 0.478 e. The maximum atomic E-state index is 13.0. The summed E-state index contributed by atoms with van der Waals surface area (Å²) in [4.78, 5) is 14.6. The van der Waals surface area contributed by atoms with Crippen LogP contribution in [-0.2, 0) is 0 Å². The van der Waals surface area contributed by atoms with Gasteiger partial charge in [-0.3, -0.25) is 0 Å². The number of carboxylic acids is 1. The van der Waals surface area contributed by atoms with Gasteiger partial charge in [0.2, 0.25) is 0 Å². The summed E-state index contributed by atoms with van der Waals surface area (Å²) in [5.41, 5.74) is 0.211. The number of halogens is 2. The molecule has 1 unspecified atom stereocenters. The first kappa shape index (κ1) is 11.9. The van der Waals surface area contributed by atoms with Gasteiger partial charge in [-0.05, 0) is 18.4 Å². The molecule has 1 atom stereocenters. The van der Waals surface area contributed by atoms with E-state index in [0.717, 1.165) is 12.5 Å². The van der Waals surface area contributed by atoms with E-state index >= 15 is 0 Å². The van der Waals surface area contributed by atoms with E-state index in [1.807, 2.05) is 13.8 Å². The van der Waals surface area contributed by atoms with Gasteiger partial charge in [0.15, 0.2) is 11.0 Å². The van der Waals surface area contributed by atoms with Crippen molar-refractivity contribution in [2.24, 2.45) is 0 Å². The van der Waals surface area contributed by atoms with Crippen LogP contribution in [0.5, 0.6) is 0 Å². The first-order valence-corrected chi connectivity index (χ1v) is 4.94. The lowest BCUT2D eigenvalue weighted by Crippen LogP contribution is -2.09. The predicted octanol–water partition coefficient (Wildman–Crippen LogP) is 3.09. The second kappa shape index (κ2) is 4.57. The van der Waals surface area contributed by atoms with Crippen molar-refractivity contribution < 1.29 is 14.3 Å². The Labute approximate surface area is 91.9 Å². The Balaban J connectivity index is 3.34. The molecular weight excluding hydrogens is 221 g/mol. The van der Waals surface area contributed by atoms with Crippen LogP contribution in [0.3, 0.4) is 0 Å². The van der Waals surface area contributed by atoms with E-state index in [1.54, 1.807) is 0 Å². The third-order valence-electron chi connectivity index (χ3n) is 2.27. The lowest BCUT2D eigenvalue weighted by atomic mass is 9.99.